The molecule has 0 aliphatic carbocycles. The largest absolute Gasteiger partial charge is 0.489 e. The average molecular weight is 288 g/mol. The summed E-state index contributed by atoms with van der Waals surface area (Å²) in [6, 6.07) is 10.8. The first-order chi connectivity index (χ1) is 10.2. The maximum atomic E-state index is 13.0. The Hall–Kier alpha value is -2.38. The Morgan fingerprint density at radius 3 is 2.43 bits per heavy atom. The number of hydrogen-bond donors (Lipinski definition) is 1. The van der Waals surface area contributed by atoms with Crippen LogP contribution >= 0.6 is 0 Å². The third-order valence-electron chi connectivity index (χ3n) is 2.71. The Bertz CT molecular complexity index is 655. The molecule has 0 fully saturated rings. The van der Waals surface area contributed by atoms with Crippen LogP contribution in [-0.4, -0.2) is 11.7 Å². The molecule has 0 heterocycles. The van der Waals surface area contributed by atoms with Gasteiger partial charge in [-0.3, -0.25) is 0 Å². The van der Waals surface area contributed by atoms with E-state index < -0.39 is 11.6 Å². The Balaban J connectivity index is 1.94. The standard InChI is InChI=1S/C17H14F2O2/c18-16-9-6-14(11-17(16)19)12-21-15-7-4-13(5-8-15)3-1-2-10-20/h4-9,11,20H,2,10,12H2. The predicted molar refractivity (Wildman–Crippen MR) is 75.7 cm³/mol. The summed E-state index contributed by atoms with van der Waals surface area (Å²) < 4.78 is 31.3. The molecule has 0 aliphatic rings. The first kappa shape index (κ1) is 15.0. The maximum absolute atomic E-state index is 13.0. The zero-order chi connectivity index (χ0) is 15.1. The van der Waals surface area contributed by atoms with Gasteiger partial charge in [-0.2, -0.15) is 0 Å². The highest BCUT2D eigenvalue weighted by Gasteiger charge is 2.03. The quantitative estimate of drug-likeness (QED) is 0.875. The molecule has 1 N–H and O–H groups in total. The van der Waals surface area contributed by atoms with Gasteiger partial charge in [0.15, 0.2) is 11.6 Å². The predicted octanol–water partition coefficient (Wildman–Crippen LogP) is 3.28. The molecule has 108 valence electrons. The molecular formula is C17H14F2O2. The van der Waals surface area contributed by atoms with E-state index in [4.69, 9.17) is 9.84 Å². The first-order valence-electron chi connectivity index (χ1n) is 6.45. The molecule has 0 bridgehead atoms. The smallest absolute Gasteiger partial charge is 0.159 e. The highest BCUT2D eigenvalue weighted by Crippen LogP contribution is 2.15. The number of aliphatic hydroxyl groups excluding tert-OH is 1. The third-order valence-corrected chi connectivity index (χ3v) is 2.71. The van der Waals surface area contributed by atoms with Gasteiger partial charge < -0.3 is 9.84 Å². The molecule has 2 aromatic rings. The summed E-state index contributed by atoms with van der Waals surface area (Å²) >= 11 is 0. The van der Waals surface area contributed by atoms with Crippen molar-refractivity contribution in [1.82, 2.24) is 0 Å². The van der Waals surface area contributed by atoms with Crippen molar-refractivity contribution in [3.8, 4) is 17.6 Å². The van der Waals surface area contributed by atoms with Crippen molar-refractivity contribution in [2.24, 2.45) is 0 Å². The number of hydrogen-bond acceptors (Lipinski definition) is 2. The molecule has 0 saturated carbocycles. The van der Waals surface area contributed by atoms with Crippen LogP contribution in [0.2, 0.25) is 0 Å². The number of halogens is 2. The van der Waals surface area contributed by atoms with Crippen LogP contribution in [0.25, 0.3) is 0 Å². The van der Waals surface area contributed by atoms with Crippen LogP contribution in [-0.2, 0) is 6.61 Å². The fourth-order valence-electron chi connectivity index (χ4n) is 1.65. The molecule has 2 aromatic carbocycles. The minimum atomic E-state index is -0.884. The van der Waals surface area contributed by atoms with Gasteiger partial charge in [0.2, 0.25) is 0 Å². The van der Waals surface area contributed by atoms with Crippen LogP contribution in [0, 0.1) is 23.5 Å². The minimum Gasteiger partial charge on any atom is -0.489 e. The Morgan fingerprint density at radius 1 is 1.00 bits per heavy atom. The topological polar surface area (TPSA) is 29.5 Å². The zero-order valence-electron chi connectivity index (χ0n) is 11.3. The van der Waals surface area contributed by atoms with Crippen molar-refractivity contribution in [2.45, 2.75) is 13.0 Å². The summed E-state index contributed by atoms with van der Waals surface area (Å²) in [5.74, 6) is 4.59. The van der Waals surface area contributed by atoms with Crippen molar-refractivity contribution in [2.75, 3.05) is 6.61 Å². The number of ether oxygens (including phenoxy) is 1. The summed E-state index contributed by atoms with van der Waals surface area (Å²) in [5.41, 5.74) is 1.38. The Morgan fingerprint density at radius 2 is 1.76 bits per heavy atom. The molecule has 0 aromatic heterocycles. The number of aliphatic hydroxyl groups is 1. The lowest BCUT2D eigenvalue weighted by atomic mass is 10.2. The SMILES string of the molecule is OCCC#Cc1ccc(OCc2ccc(F)c(F)c2)cc1. The summed E-state index contributed by atoms with van der Waals surface area (Å²) in [6.07, 6.45) is 0.439. The second-order valence-corrected chi connectivity index (χ2v) is 4.34. The second-order valence-electron chi connectivity index (χ2n) is 4.34. The summed E-state index contributed by atoms with van der Waals surface area (Å²) in [7, 11) is 0. The lowest BCUT2D eigenvalue weighted by Crippen LogP contribution is -1.97. The molecule has 4 heteroatoms. The van der Waals surface area contributed by atoms with E-state index in [1.54, 1.807) is 24.3 Å². The maximum Gasteiger partial charge on any atom is 0.159 e. The van der Waals surface area contributed by atoms with Gasteiger partial charge in [0.25, 0.3) is 0 Å². The number of rotatable bonds is 4. The zero-order valence-corrected chi connectivity index (χ0v) is 11.3. The van der Waals surface area contributed by atoms with E-state index in [1.807, 2.05) is 0 Å². The second kappa shape index (κ2) is 7.41. The van der Waals surface area contributed by atoms with Gasteiger partial charge in [-0.15, -0.1) is 0 Å². The highest BCUT2D eigenvalue weighted by molar-refractivity contribution is 5.38. The molecule has 0 unspecified atom stereocenters. The van der Waals surface area contributed by atoms with E-state index in [2.05, 4.69) is 11.8 Å². The van der Waals surface area contributed by atoms with E-state index in [1.165, 1.54) is 6.07 Å². The van der Waals surface area contributed by atoms with Gasteiger partial charge in [0, 0.05) is 12.0 Å². The van der Waals surface area contributed by atoms with Crippen molar-refractivity contribution in [1.29, 1.82) is 0 Å². The lowest BCUT2D eigenvalue weighted by Gasteiger charge is -2.06. The third kappa shape index (κ3) is 4.59. The van der Waals surface area contributed by atoms with E-state index in [0.717, 1.165) is 17.7 Å². The van der Waals surface area contributed by atoms with E-state index in [0.29, 0.717) is 17.7 Å². The van der Waals surface area contributed by atoms with Gasteiger partial charge in [-0.05, 0) is 42.0 Å². The normalized spacial score (nSPS) is 9.86. The van der Waals surface area contributed by atoms with Crippen LogP contribution in [0.4, 0.5) is 8.78 Å². The van der Waals surface area contributed by atoms with E-state index in [9.17, 15) is 8.78 Å². The lowest BCUT2D eigenvalue weighted by molar-refractivity contribution is 0.304. The summed E-state index contributed by atoms with van der Waals surface area (Å²) in [6.45, 7) is 0.204. The molecule has 0 atom stereocenters. The van der Waals surface area contributed by atoms with Crippen molar-refractivity contribution < 1.29 is 18.6 Å². The molecule has 2 rings (SSSR count). The van der Waals surface area contributed by atoms with Gasteiger partial charge in [-0.25, -0.2) is 8.78 Å². The molecule has 0 radical (unpaired) electrons. The van der Waals surface area contributed by atoms with Crippen LogP contribution in [0.3, 0.4) is 0 Å². The van der Waals surface area contributed by atoms with Gasteiger partial charge in [-0.1, -0.05) is 17.9 Å². The van der Waals surface area contributed by atoms with Crippen LogP contribution in [0.15, 0.2) is 42.5 Å². The van der Waals surface area contributed by atoms with Gasteiger partial charge >= 0.3 is 0 Å². The average Bonchev–Trinajstić information content (AvgIpc) is 2.50. The van der Waals surface area contributed by atoms with Crippen molar-refractivity contribution in [3.63, 3.8) is 0 Å². The highest BCUT2D eigenvalue weighted by atomic mass is 19.2. The van der Waals surface area contributed by atoms with Gasteiger partial charge in [0.1, 0.15) is 12.4 Å². The Labute approximate surface area is 122 Å². The fraction of sp³-hybridized carbons (Fsp3) is 0.176. The fourth-order valence-corrected chi connectivity index (χ4v) is 1.65. The molecule has 0 amide bonds. The van der Waals surface area contributed by atoms with Crippen LogP contribution < -0.4 is 4.74 Å². The molecule has 2 nitrogen and oxygen atoms in total. The van der Waals surface area contributed by atoms with Gasteiger partial charge in [0.05, 0.1) is 6.61 Å². The van der Waals surface area contributed by atoms with Crippen molar-refractivity contribution in [3.05, 3.63) is 65.2 Å². The molecule has 0 saturated heterocycles. The first-order valence-corrected chi connectivity index (χ1v) is 6.45. The summed E-state index contributed by atoms with van der Waals surface area (Å²) in [4.78, 5) is 0. The van der Waals surface area contributed by atoms with E-state index in [-0.39, 0.29) is 13.2 Å². The number of benzene rings is 2. The van der Waals surface area contributed by atoms with Crippen molar-refractivity contribution >= 4 is 0 Å². The molecule has 0 spiro atoms. The molecular weight excluding hydrogens is 274 g/mol. The monoisotopic (exact) mass is 288 g/mol. The van der Waals surface area contributed by atoms with Crippen LogP contribution in [0.5, 0.6) is 5.75 Å². The summed E-state index contributed by atoms with van der Waals surface area (Å²) in [5, 5.41) is 8.63. The van der Waals surface area contributed by atoms with E-state index >= 15 is 0 Å². The molecule has 0 aliphatic heterocycles. The van der Waals surface area contributed by atoms with Crippen LogP contribution in [0.1, 0.15) is 17.5 Å². The molecule has 21 heavy (non-hydrogen) atoms. The Kier molecular flexibility index (Phi) is 5.30. The minimum absolute atomic E-state index is 0.0441.